The number of carbonyl (C=O) groups is 2. The molecule has 0 aliphatic carbocycles. The van der Waals surface area contributed by atoms with Crippen molar-refractivity contribution in [3.63, 3.8) is 0 Å². The molecule has 0 aliphatic rings. The third-order valence-corrected chi connectivity index (χ3v) is 4.34. The molecule has 3 rings (SSSR count). The van der Waals surface area contributed by atoms with Crippen molar-refractivity contribution >= 4 is 23.2 Å². The number of nitrogens with one attached hydrogen (secondary N) is 2. The molecule has 0 fully saturated rings. The van der Waals surface area contributed by atoms with Crippen LogP contribution in [0.25, 0.3) is 0 Å². The van der Waals surface area contributed by atoms with Gasteiger partial charge in [-0.2, -0.15) is 0 Å². The zero-order valence-electron chi connectivity index (χ0n) is 15.7. The molecule has 0 spiro atoms. The van der Waals surface area contributed by atoms with Crippen molar-refractivity contribution in [2.24, 2.45) is 0 Å². The number of para-hydroxylation sites is 1. The van der Waals surface area contributed by atoms with Crippen molar-refractivity contribution in [3.8, 4) is 0 Å². The van der Waals surface area contributed by atoms with E-state index < -0.39 is 0 Å². The molecule has 28 heavy (non-hydrogen) atoms. The molecule has 0 unspecified atom stereocenters. The van der Waals surface area contributed by atoms with Crippen LogP contribution in [0.15, 0.2) is 72.8 Å². The van der Waals surface area contributed by atoms with Gasteiger partial charge in [0.1, 0.15) is 5.82 Å². The zero-order chi connectivity index (χ0) is 20.1. The molecule has 3 aromatic rings. The monoisotopic (exact) mass is 376 g/mol. The number of hydrogen-bond donors (Lipinski definition) is 2. The molecule has 3 aromatic carbocycles. The van der Waals surface area contributed by atoms with Gasteiger partial charge in [0, 0.05) is 22.5 Å². The Bertz CT molecular complexity index is 980. The Balaban J connectivity index is 1.69. The standard InChI is InChI=1S/C23H21FN2O2/c1-15(2)20-5-3-4-6-21(20)26-23(28)17-9-7-16(8-10-17)22(27)25-19-13-11-18(24)12-14-19/h3-15H,1-2H3,(H,25,27)(H,26,28). The van der Waals surface area contributed by atoms with E-state index in [2.05, 4.69) is 24.5 Å². The predicted octanol–water partition coefficient (Wildman–Crippen LogP) is 5.45. The van der Waals surface area contributed by atoms with Gasteiger partial charge in [0.15, 0.2) is 0 Å². The lowest BCUT2D eigenvalue weighted by Crippen LogP contribution is -2.15. The number of rotatable bonds is 5. The van der Waals surface area contributed by atoms with Gasteiger partial charge in [-0.1, -0.05) is 32.0 Å². The van der Waals surface area contributed by atoms with Crippen molar-refractivity contribution in [1.29, 1.82) is 0 Å². The van der Waals surface area contributed by atoms with Gasteiger partial charge in [-0.3, -0.25) is 9.59 Å². The second-order valence-corrected chi connectivity index (χ2v) is 6.73. The molecule has 0 aliphatic heterocycles. The minimum absolute atomic E-state index is 0.237. The number of hydrogen-bond acceptors (Lipinski definition) is 2. The van der Waals surface area contributed by atoms with Gasteiger partial charge in [-0.05, 0) is 66.1 Å². The molecular formula is C23H21FN2O2. The molecule has 5 heteroatoms. The van der Waals surface area contributed by atoms with Crippen LogP contribution in [0.3, 0.4) is 0 Å². The average Bonchev–Trinajstić information content (AvgIpc) is 2.70. The quantitative estimate of drug-likeness (QED) is 0.622. The fourth-order valence-corrected chi connectivity index (χ4v) is 2.82. The fourth-order valence-electron chi connectivity index (χ4n) is 2.82. The smallest absolute Gasteiger partial charge is 0.255 e. The summed E-state index contributed by atoms with van der Waals surface area (Å²) < 4.78 is 12.9. The number of benzene rings is 3. The van der Waals surface area contributed by atoms with Gasteiger partial charge < -0.3 is 10.6 Å². The third kappa shape index (κ3) is 4.62. The maximum Gasteiger partial charge on any atom is 0.255 e. The molecule has 0 atom stereocenters. The first-order valence-corrected chi connectivity index (χ1v) is 9.01. The zero-order valence-corrected chi connectivity index (χ0v) is 15.7. The van der Waals surface area contributed by atoms with Crippen molar-refractivity contribution in [2.45, 2.75) is 19.8 Å². The first-order chi connectivity index (χ1) is 13.4. The molecule has 2 amide bonds. The van der Waals surface area contributed by atoms with Crippen molar-refractivity contribution in [2.75, 3.05) is 10.6 Å². The molecule has 0 radical (unpaired) electrons. The fraction of sp³-hybridized carbons (Fsp3) is 0.130. The number of halogens is 1. The summed E-state index contributed by atoms with van der Waals surface area (Å²) in [5.41, 5.74) is 3.20. The summed E-state index contributed by atoms with van der Waals surface area (Å²) in [4.78, 5) is 24.8. The van der Waals surface area contributed by atoms with Gasteiger partial charge in [-0.15, -0.1) is 0 Å². The largest absolute Gasteiger partial charge is 0.322 e. The summed E-state index contributed by atoms with van der Waals surface area (Å²) in [6.45, 7) is 4.14. The summed E-state index contributed by atoms with van der Waals surface area (Å²) in [7, 11) is 0. The maximum absolute atomic E-state index is 12.9. The second kappa shape index (κ2) is 8.48. The Morgan fingerprint density at radius 3 is 1.86 bits per heavy atom. The van der Waals surface area contributed by atoms with Gasteiger partial charge in [-0.25, -0.2) is 4.39 Å². The van der Waals surface area contributed by atoms with Crippen LogP contribution < -0.4 is 10.6 Å². The van der Waals surface area contributed by atoms with Gasteiger partial charge in [0.25, 0.3) is 11.8 Å². The van der Waals surface area contributed by atoms with Crippen LogP contribution in [0.5, 0.6) is 0 Å². The van der Waals surface area contributed by atoms with Crippen LogP contribution in [-0.4, -0.2) is 11.8 Å². The lowest BCUT2D eigenvalue weighted by atomic mass is 10.0. The predicted molar refractivity (Wildman–Crippen MR) is 109 cm³/mol. The number of amides is 2. The second-order valence-electron chi connectivity index (χ2n) is 6.73. The summed E-state index contributed by atoms with van der Waals surface area (Å²) in [6.07, 6.45) is 0. The Morgan fingerprint density at radius 1 is 0.750 bits per heavy atom. The highest BCUT2D eigenvalue weighted by Crippen LogP contribution is 2.24. The van der Waals surface area contributed by atoms with E-state index in [0.717, 1.165) is 11.3 Å². The van der Waals surface area contributed by atoms with E-state index in [0.29, 0.717) is 16.8 Å². The molecule has 0 aromatic heterocycles. The van der Waals surface area contributed by atoms with Crippen LogP contribution in [-0.2, 0) is 0 Å². The minimum Gasteiger partial charge on any atom is -0.322 e. The Morgan fingerprint density at radius 2 is 1.29 bits per heavy atom. The van der Waals surface area contributed by atoms with Gasteiger partial charge >= 0.3 is 0 Å². The lowest BCUT2D eigenvalue weighted by molar-refractivity contribution is 0.101. The molecule has 0 bridgehead atoms. The minimum atomic E-state index is -0.368. The molecular weight excluding hydrogens is 355 g/mol. The average molecular weight is 376 g/mol. The Labute approximate surface area is 163 Å². The summed E-state index contributed by atoms with van der Waals surface area (Å²) in [6, 6.07) is 19.6. The van der Waals surface area contributed by atoms with Crippen LogP contribution in [0.2, 0.25) is 0 Å². The Kier molecular flexibility index (Phi) is 5.84. The van der Waals surface area contributed by atoms with Crippen LogP contribution >= 0.6 is 0 Å². The van der Waals surface area contributed by atoms with Crippen LogP contribution in [0.1, 0.15) is 46.0 Å². The van der Waals surface area contributed by atoms with Gasteiger partial charge in [0.05, 0.1) is 0 Å². The first-order valence-electron chi connectivity index (χ1n) is 9.01. The SMILES string of the molecule is CC(C)c1ccccc1NC(=O)c1ccc(C(=O)Nc2ccc(F)cc2)cc1. The molecule has 4 nitrogen and oxygen atoms in total. The number of anilines is 2. The van der Waals surface area contributed by atoms with E-state index >= 15 is 0 Å². The molecule has 0 saturated heterocycles. The number of carbonyl (C=O) groups excluding carboxylic acids is 2. The highest BCUT2D eigenvalue weighted by atomic mass is 19.1. The van der Waals surface area contributed by atoms with Crippen molar-refractivity contribution in [1.82, 2.24) is 0 Å². The molecule has 0 heterocycles. The third-order valence-electron chi connectivity index (χ3n) is 4.34. The lowest BCUT2D eigenvalue weighted by Gasteiger charge is -2.13. The van der Waals surface area contributed by atoms with Crippen molar-refractivity contribution in [3.05, 3.63) is 95.3 Å². The van der Waals surface area contributed by atoms with E-state index in [9.17, 15) is 14.0 Å². The maximum atomic E-state index is 12.9. The van der Waals surface area contributed by atoms with E-state index in [1.54, 1.807) is 24.3 Å². The topological polar surface area (TPSA) is 58.2 Å². The highest BCUT2D eigenvalue weighted by molar-refractivity contribution is 6.07. The normalized spacial score (nSPS) is 10.6. The van der Waals surface area contributed by atoms with Crippen LogP contribution in [0.4, 0.5) is 15.8 Å². The summed E-state index contributed by atoms with van der Waals surface area (Å²) >= 11 is 0. The summed E-state index contributed by atoms with van der Waals surface area (Å²) in [5, 5.41) is 5.61. The van der Waals surface area contributed by atoms with Gasteiger partial charge in [0.2, 0.25) is 0 Å². The van der Waals surface area contributed by atoms with Crippen LogP contribution in [0, 0.1) is 5.82 Å². The van der Waals surface area contributed by atoms with E-state index in [-0.39, 0.29) is 23.5 Å². The molecule has 142 valence electrons. The molecule has 0 saturated carbocycles. The first kappa shape index (κ1) is 19.3. The highest BCUT2D eigenvalue weighted by Gasteiger charge is 2.12. The van der Waals surface area contributed by atoms with E-state index in [1.807, 2.05) is 24.3 Å². The molecule has 2 N–H and O–H groups in total. The Hall–Kier alpha value is -3.47. The summed E-state index contributed by atoms with van der Waals surface area (Å²) in [5.74, 6) is -0.649. The van der Waals surface area contributed by atoms with E-state index in [1.165, 1.54) is 24.3 Å². The van der Waals surface area contributed by atoms with E-state index in [4.69, 9.17) is 0 Å². The van der Waals surface area contributed by atoms with Crippen molar-refractivity contribution < 1.29 is 14.0 Å².